The summed E-state index contributed by atoms with van der Waals surface area (Å²) in [5, 5.41) is 3.45. The number of nitrogens with zero attached hydrogens (tertiary/aromatic N) is 3. The van der Waals surface area contributed by atoms with E-state index in [0.29, 0.717) is 0 Å². The zero-order valence-electron chi connectivity index (χ0n) is 12.8. The summed E-state index contributed by atoms with van der Waals surface area (Å²) in [5.41, 5.74) is 1.81. The van der Waals surface area contributed by atoms with Gasteiger partial charge in [0.1, 0.15) is 5.82 Å². The van der Waals surface area contributed by atoms with Crippen LogP contribution in [0.3, 0.4) is 0 Å². The standard InChI is InChI=1S/C15H24N4O/c1-10(2)15(20)19-7-5-6-13(9-19)18-14-12(4)16-8-11(3)17-14/h8,10,13H,5-7,9H2,1-4H3,(H,17,18)/t13-/m0/s1. The highest BCUT2D eigenvalue weighted by molar-refractivity contribution is 5.78. The molecule has 1 atom stereocenters. The summed E-state index contributed by atoms with van der Waals surface area (Å²) in [6, 6.07) is 0.265. The van der Waals surface area contributed by atoms with Gasteiger partial charge in [0.25, 0.3) is 0 Å². The first-order valence-corrected chi connectivity index (χ1v) is 7.33. The van der Waals surface area contributed by atoms with Crippen LogP contribution in [0.15, 0.2) is 6.20 Å². The smallest absolute Gasteiger partial charge is 0.225 e. The van der Waals surface area contributed by atoms with Crippen molar-refractivity contribution in [3.63, 3.8) is 0 Å². The van der Waals surface area contributed by atoms with Crippen LogP contribution in [-0.4, -0.2) is 39.9 Å². The molecule has 0 bridgehead atoms. The molecule has 2 rings (SSSR count). The number of likely N-dealkylation sites (tertiary alicyclic amines) is 1. The number of rotatable bonds is 3. The first-order valence-electron chi connectivity index (χ1n) is 7.33. The van der Waals surface area contributed by atoms with Gasteiger partial charge >= 0.3 is 0 Å². The van der Waals surface area contributed by atoms with Crippen molar-refractivity contribution in [1.82, 2.24) is 14.9 Å². The number of amides is 1. The second kappa shape index (κ2) is 6.20. The first kappa shape index (κ1) is 14.8. The second-order valence-electron chi connectivity index (χ2n) is 5.87. The Labute approximate surface area is 120 Å². The van der Waals surface area contributed by atoms with Gasteiger partial charge in [-0.05, 0) is 26.7 Å². The zero-order valence-corrected chi connectivity index (χ0v) is 12.8. The normalized spacial score (nSPS) is 19.2. The fourth-order valence-electron chi connectivity index (χ4n) is 2.53. The van der Waals surface area contributed by atoms with Gasteiger partial charge in [-0.3, -0.25) is 9.78 Å². The molecule has 1 amide bonds. The Hall–Kier alpha value is -1.65. The molecule has 0 aromatic carbocycles. The predicted octanol–water partition coefficient (Wildman–Crippen LogP) is 2.15. The maximum absolute atomic E-state index is 12.1. The molecule has 1 N–H and O–H groups in total. The van der Waals surface area contributed by atoms with Crippen LogP contribution in [0.4, 0.5) is 5.82 Å². The Morgan fingerprint density at radius 3 is 2.90 bits per heavy atom. The minimum absolute atomic E-state index is 0.0641. The van der Waals surface area contributed by atoms with Crippen molar-refractivity contribution >= 4 is 11.7 Å². The zero-order chi connectivity index (χ0) is 14.7. The van der Waals surface area contributed by atoms with E-state index < -0.39 is 0 Å². The summed E-state index contributed by atoms with van der Waals surface area (Å²) in [7, 11) is 0. The van der Waals surface area contributed by atoms with Crippen molar-refractivity contribution in [3.8, 4) is 0 Å². The van der Waals surface area contributed by atoms with Crippen molar-refractivity contribution in [3.05, 3.63) is 17.6 Å². The van der Waals surface area contributed by atoms with Gasteiger partial charge in [0, 0.05) is 31.2 Å². The maximum Gasteiger partial charge on any atom is 0.225 e. The number of hydrogen-bond acceptors (Lipinski definition) is 4. The lowest BCUT2D eigenvalue weighted by atomic mass is 10.0. The number of carbonyl (C=O) groups is 1. The van der Waals surface area contributed by atoms with Gasteiger partial charge in [-0.25, -0.2) is 4.98 Å². The van der Waals surface area contributed by atoms with Crippen molar-refractivity contribution in [2.75, 3.05) is 18.4 Å². The van der Waals surface area contributed by atoms with Crippen LogP contribution in [0.1, 0.15) is 38.1 Å². The lowest BCUT2D eigenvalue weighted by molar-refractivity contribution is -0.135. The average Bonchev–Trinajstić information content (AvgIpc) is 2.42. The molecule has 1 saturated heterocycles. The van der Waals surface area contributed by atoms with Crippen LogP contribution in [0.25, 0.3) is 0 Å². The van der Waals surface area contributed by atoms with Crippen molar-refractivity contribution in [2.45, 2.75) is 46.6 Å². The van der Waals surface area contributed by atoms with Gasteiger partial charge in [-0.15, -0.1) is 0 Å². The van der Waals surface area contributed by atoms with Crippen molar-refractivity contribution in [1.29, 1.82) is 0 Å². The minimum atomic E-state index is 0.0641. The van der Waals surface area contributed by atoms with E-state index in [9.17, 15) is 4.79 Å². The molecule has 5 nitrogen and oxygen atoms in total. The largest absolute Gasteiger partial charge is 0.364 e. The Kier molecular flexibility index (Phi) is 4.57. The second-order valence-corrected chi connectivity index (χ2v) is 5.87. The van der Waals surface area contributed by atoms with Crippen molar-refractivity contribution in [2.24, 2.45) is 5.92 Å². The highest BCUT2D eigenvalue weighted by atomic mass is 16.2. The summed E-state index contributed by atoms with van der Waals surface area (Å²) in [6.07, 6.45) is 3.88. The van der Waals surface area contributed by atoms with E-state index in [-0.39, 0.29) is 17.9 Å². The van der Waals surface area contributed by atoms with Gasteiger partial charge in [0.2, 0.25) is 5.91 Å². The highest BCUT2D eigenvalue weighted by Crippen LogP contribution is 2.18. The molecule has 1 aliphatic rings. The Bertz CT molecular complexity index is 487. The molecule has 1 aromatic rings. The maximum atomic E-state index is 12.1. The van der Waals surface area contributed by atoms with E-state index in [0.717, 1.165) is 43.1 Å². The lowest BCUT2D eigenvalue weighted by Gasteiger charge is -2.34. The molecule has 20 heavy (non-hydrogen) atoms. The van der Waals surface area contributed by atoms with Crippen LogP contribution in [0.5, 0.6) is 0 Å². The Balaban J connectivity index is 2.02. The molecule has 2 heterocycles. The summed E-state index contributed by atoms with van der Waals surface area (Å²) < 4.78 is 0. The molecule has 1 aliphatic heterocycles. The van der Waals surface area contributed by atoms with Crippen LogP contribution in [0.2, 0.25) is 0 Å². The molecule has 0 saturated carbocycles. The monoisotopic (exact) mass is 276 g/mol. The third kappa shape index (κ3) is 3.46. The molecule has 5 heteroatoms. The van der Waals surface area contributed by atoms with Crippen LogP contribution >= 0.6 is 0 Å². The van der Waals surface area contributed by atoms with E-state index in [1.54, 1.807) is 6.20 Å². The molecule has 0 spiro atoms. The highest BCUT2D eigenvalue weighted by Gasteiger charge is 2.25. The van der Waals surface area contributed by atoms with Gasteiger partial charge < -0.3 is 10.2 Å². The predicted molar refractivity (Wildman–Crippen MR) is 79.6 cm³/mol. The average molecular weight is 276 g/mol. The van der Waals surface area contributed by atoms with Crippen LogP contribution in [0, 0.1) is 19.8 Å². The van der Waals surface area contributed by atoms with Gasteiger partial charge in [-0.1, -0.05) is 13.8 Å². The Morgan fingerprint density at radius 2 is 2.20 bits per heavy atom. The van der Waals surface area contributed by atoms with Crippen molar-refractivity contribution < 1.29 is 4.79 Å². The number of carbonyl (C=O) groups excluding carboxylic acids is 1. The summed E-state index contributed by atoms with van der Waals surface area (Å²) in [5.74, 6) is 1.15. The van der Waals surface area contributed by atoms with E-state index in [2.05, 4.69) is 15.3 Å². The number of nitrogens with one attached hydrogen (secondary N) is 1. The lowest BCUT2D eigenvalue weighted by Crippen LogP contribution is -2.46. The number of aromatic nitrogens is 2. The van der Waals surface area contributed by atoms with Gasteiger partial charge in [-0.2, -0.15) is 0 Å². The molecule has 1 aromatic heterocycles. The van der Waals surface area contributed by atoms with Crippen LogP contribution < -0.4 is 5.32 Å². The number of anilines is 1. The fraction of sp³-hybridized carbons (Fsp3) is 0.667. The number of hydrogen-bond donors (Lipinski definition) is 1. The molecule has 0 aliphatic carbocycles. The van der Waals surface area contributed by atoms with Crippen LogP contribution in [-0.2, 0) is 4.79 Å². The molecule has 0 radical (unpaired) electrons. The molecule has 0 unspecified atom stereocenters. The third-order valence-corrected chi connectivity index (χ3v) is 3.64. The van der Waals surface area contributed by atoms with E-state index in [1.807, 2.05) is 32.6 Å². The van der Waals surface area contributed by atoms with E-state index in [1.165, 1.54) is 0 Å². The Morgan fingerprint density at radius 1 is 1.45 bits per heavy atom. The fourth-order valence-corrected chi connectivity index (χ4v) is 2.53. The summed E-state index contributed by atoms with van der Waals surface area (Å²) in [6.45, 7) is 9.42. The quantitative estimate of drug-likeness (QED) is 0.919. The van der Waals surface area contributed by atoms with Gasteiger partial charge in [0.15, 0.2) is 0 Å². The molecule has 110 valence electrons. The third-order valence-electron chi connectivity index (χ3n) is 3.64. The summed E-state index contributed by atoms with van der Waals surface area (Å²) in [4.78, 5) is 22.9. The first-order chi connectivity index (χ1) is 9.47. The number of piperidine rings is 1. The van der Waals surface area contributed by atoms with Gasteiger partial charge in [0.05, 0.1) is 11.4 Å². The molecular formula is C15H24N4O. The molecule has 1 fully saturated rings. The molecular weight excluding hydrogens is 252 g/mol. The summed E-state index contributed by atoms with van der Waals surface area (Å²) >= 11 is 0. The van der Waals surface area contributed by atoms with E-state index >= 15 is 0 Å². The SMILES string of the molecule is Cc1cnc(C)c(N[C@H]2CCCN(C(=O)C(C)C)C2)n1. The topological polar surface area (TPSA) is 58.1 Å². The van der Waals surface area contributed by atoms with E-state index in [4.69, 9.17) is 0 Å². The minimum Gasteiger partial charge on any atom is -0.364 e. The number of aryl methyl sites for hydroxylation is 2.